The molecule has 0 aromatic rings. The Bertz CT molecular complexity index is 910. The second-order valence-electron chi connectivity index (χ2n) is 16.2. The number of aliphatic hydroxyl groups excluding tert-OH is 6. The van der Waals surface area contributed by atoms with Gasteiger partial charge in [-0.2, -0.15) is 0 Å². The molecule has 0 bridgehead atoms. The van der Waals surface area contributed by atoms with E-state index in [1.807, 2.05) is 6.08 Å². The summed E-state index contributed by atoms with van der Waals surface area (Å²) in [6.07, 6.45) is 21.9. The van der Waals surface area contributed by atoms with E-state index in [-0.39, 0.29) is 13.0 Å². The van der Waals surface area contributed by atoms with Crippen LogP contribution in [0, 0.1) is 5.92 Å². The van der Waals surface area contributed by atoms with Gasteiger partial charge in [0.2, 0.25) is 0 Å². The molecule has 10 heteroatoms. The Kier molecular flexibility index (Phi) is 33.2. The van der Waals surface area contributed by atoms with E-state index in [0.717, 1.165) is 83.8 Å². The molecule has 9 nitrogen and oxygen atoms in total. The maximum Gasteiger partial charge on any atom is 0.186 e. The fourth-order valence-electron chi connectivity index (χ4n) is 7.51. The molecule has 6 N–H and O–H groups in total. The predicted molar refractivity (Wildman–Crippen MR) is 222 cm³/mol. The lowest BCUT2D eigenvalue weighted by Crippen LogP contribution is -2.59. The summed E-state index contributed by atoms with van der Waals surface area (Å²) in [5, 5.41) is 62.4. The van der Waals surface area contributed by atoms with Crippen LogP contribution in [0.1, 0.15) is 181 Å². The Hall–Kier alpha value is -0.950. The molecule has 0 aromatic carbocycles. The maximum atomic E-state index is 15.3. The van der Waals surface area contributed by atoms with Gasteiger partial charge in [-0.3, -0.25) is 0 Å². The molecule has 0 spiro atoms. The van der Waals surface area contributed by atoms with Crippen molar-refractivity contribution < 1.29 is 44.5 Å². The lowest BCUT2D eigenvalue weighted by atomic mass is 9.93. The summed E-state index contributed by atoms with van der Waals surface area (Å²) < 4.78 is 26.5. The van der Waals surface area contributed by atoms with Crippen LogP contribution in [0.25, 0.3) is 0 Å². The molecule has 5 unspecified atom stereocenters. The van der Waals surface area contributed by atoms with Gasteiger partial charge in [-0.1, -0.05) is 148 Å². The van der Waals surface area contributed by atoms with Crippen molar-refractivity contribution in [2.45, 2.75) is 224 Å². The Morgan fingerprint density at radius 2 is 1.18 bits per heavy atom. The highest BCUT2D eigenvalue weighted by Gasteiger charge is 2.44. The van der Waals surface area contributed by atoms with Crippen LogP contribution in [-0.2, 0) is 9.47 Å². The molecule has 1 fully saturated rings. The number of hydrogen-bond donors (Lipinski definition) is 6. The summed E-state index contributed by atoms with van der Waals surface area (Å²) in [5.74, 6) is -1.33. The van der Waals surface area contributed by atoms with Gasteiger partial charge in [-0.05, 0) is 57.7 Å². The zero-order valence-electron chi connectivity index (χ0n) is 35.2. The number of allylic oxidation sites excluding steroid dienone is 1. The molecule has 55 heavy (non-hydrogen) atoms. The van der Waals surface area contributed by atoms with Crippen LogP contribution >= 0.6 is 0 Å². The summed E-state index contributed by atoms with van der Waals surface area (Å²) in [4.78, 5) is 2.57. The third-order valence-corrected chi connectivity index (χ3v) is 11.2. The predicted octanol–water partition coefficient (Wildman–Crippen LogP) is 8.66. The molecule has 1 aliphatic heterocycles. The first-order valence-corrected chi connectivity index (χ1v) is 22.7. The van der Waals surface area contributed by atoms with Gasteiger partial charge in [0, 0.05) is 12.5 Å². The van der Waals surface area contributed by atoms with Crippen molar-refractivity contribution >= 4 is 0 Å². The Morgan fingerprint density at radius 3 is 1.69 bits per heavy atom. The molecule has 1 aliphatic rings. The molecule has 8 atom stereocenters. The largest absolute Gasteiger partial charge is 0.394 e. The highest BCUT2D eigenvalue weighted by Crippen LogP contribution is 2.26. The minimum atomic E-state index is -1.61. The van der Waals surface area contributed by atoms with Crippen molar-refractivity contribution in [3.63, 3.8) is 0 Å². The van der Waals surface area contributed by atoms with E-state index in [0.29, 0.717) is 12.8 Å². The second kappa shape index (κ2) is 35.0. The quantitative estimate of drug-likeness (QED) is 0.0268. The molecule has 1 rings (SSSR count). The van der Waals surface area contributed by atoms with E-state index in [1.54, 1.807) is 0 Å². The van der Waals surface area contributed by atoms with Crippen molar-refractivity contribution in [2.75, 3.05) is 32.8 Å². The Labute approximate surface area is 335 Å². The number of rotatable bonds is 38. The van der Waals surface area contributed by atoms with E-state index in [2.05, 4.69) is 25.3 Å². The lowest BCUT2D eigenvalue weighted by Gasteiger charge is -2.40. The first-order chi connectivity index (χ1) is 26.7. The van der Waals surface area contributed by atoms with Crippen LogP contribution in [0.2, 0.25) is 0 Å². The molecular weight excluding hydrogens is 701 g/mol. The van der Waals surface area contributed by atoms with E-state index in [1.165, 1.54) is 89.5 Å². The SMILES string of the molecule is C=CCCN(CCCCCCC)CCCCCCCC/C(F)=C\[C@@H](COC1OC(CO)C(O)C(O)C1O)[C@H](O)[C@H](O)CCCCCCCCCCCCCC. The zero-order chi connectivity index (χ0) is 40.5. The monoisotopic (exact) mass is 788 g/mol. The molecular formula is C45H86FNO8. The third kappa shape index (κ3) is 25.2. The van der Waals surface area contributed by atoms with Crippen LogP contribution in [-0.4, -0.2) is 111 Å². The van der Waals surface area contributed by atoms with E-state index in [4.69, 9.17) is 9.47 Å². The molecule has 1 saturated heterocycles. The van der Waals surface area contributed by atoms with Crippen LogP contribution < -0.4 is 0 Å². The molecule has 0 amide bonds. The molecule has 0 radical (unpaired) electrons. The number of halogens is 1. The van der Waals surface area contributed by atoms with E-state index in [9.17, 15) is 30.6 Å². The molecule has 1 heterocycles. The molecule has 0 aliphatic carbocycles. The number of aliphatic hydroxyl groups is 6. The van der Waals surface area contributed by atoms with Crippen molar-refractivity contribution in [3.05, 3.63) is 24.6 Å². The third-order valence-electron chi connectivity index (χ3n) is 11.2. The number of unbranched alkanes of at least 4 members (excludes halogenated alkanes) is 20. The van der Waals surface area contributed by atoms with Gasteiger partial charge < -0.3 is 45.0 Å². The van der Waals surface area contributed by atoms with Gasteiger partial charge in [0.25, 0.3) is 0 Å². The first-order valence-electron chi connectivity index (χ1n) is 22.7. The van der Waals surface area contributed by atoms with Crippen LogP contribution in [0.5, 0.6) is 0 Å². The fourth-order valence-corrected chi connectivity index (χ4v) is 7.51. The summed E-state index contributed by atoms with van der Waals surface area (Å²) in [6, 6.07) is 0. The first kappa shape index (κ1) is 52.1. The minimum Gasteiger partial charge on any atom is -0.394 e. The second-order valence-corrected chi connectivity index (χ2v) is 16.2. The summed E-state index contributed by atoms with van der Waals surface area (Å²) >= 11 is 0. The van der Waals surface area contributed by atoms with Gasteiger partial charge in [0.05, 0.1) is 31.2 Å². The smallest absolute Gasteiger partial charge is 0.186 e. The highest BCUT2D eigenvalue weighted by molar-refractivity contribution is 5.00. The van der Waals surface area contributed by atoms with Gasteiger partial charge in [-0.15, -0.1) is 6.58 Å². The van der Waals surface area contributed by atoms with Crippen molar-refractivity contribution in [3.8, 4) is 0 Å². The van der Waals surface area contributed by atoms with Crippen LogP contribution in [0.15, 0.2) is 24.6 Å². The fraction of sp³-hybridized carbons (Fsp3) is 0.911. The van der Waals surface area contributed by atoms with Crippen molar-refractivity contribution in [1.82, 2.24) is 4.90 Å². The average molecular weight is 788 g/mol. The van der Waals surface area contributed by atoms with Crippen LogP contribution in [0.3, 0.4) is 0 Å². The molecule has 0 saturated carbocycles. The van der Waals surface area contributed by atoms with Gasteiger partial charge in [0.1, 0.15) is 24.4 Å². The Balaban J connectivity index is 2.56. The maximum absolute atomic E-state index is 15.3. The standard InChI is InChI=1S/C45H86FNO8/c1-4-7-10-12-13-14-15-16-17-18-22-26-30-39(49)41(50)37(36-54-45-44(53)43(52)42(51)40(35-48)55-45)34-38(46)29-25-21-19-20-24-28-33-47(31-9-6-3)32-27-23-11-8-5-2/h6,34,37,39-45,48-53H,3-5,7-33,35-36H2,1-2H3/b38-34+/t37-,39+,40?,41-,42?,43?,44?,45?/m0/s1. The molecule has 326 valence electrons. The molecule has 0 aromatic heterocycles. The van der Waals surface area contributed by atoms with E-state index < -0.39 is 61.3 Å². The number of nitrogens with zero attached hydrogens (tertiary/aromatic N) is 1. The number of hydrogen-bond acceptors (Lipinski definition) is 9. The lowest BCUT2D eigenvalue weighted by molar-refractivity contribution is -0.303. The van der Waals surface area contributed by atoms with Gasteiger partial charge >= 0.3 is 0 Å². The summed E-state index contributed by atoms with van der Waals surface area (Å²) in [5.41, 5.74) is 0. The average Bonchev–Trinajstić information content (AvgIpc) is 3.18. The normalized spacial score (nSPS) is 22.3. The summed E-state index contributed by atoms with van der Waals surface area (Å²) in [6.45, 7) is 10.8. The van der Waals surface area contributed by atoms with Crippen molar-refractivity contribution in [2.24, 2.45) is 5.92 Å². The number of ether oxygens (including phenoxy) is 2. The zero-order valence-corrected chi connectivity index (χ0v) is 35.2. The Morgan fingerprint density at radius 1 is 0.691 bits per heavy atom. The summed E-state index contributed by atoms with van der Waals surface area (Å²) in [7, 11) is 0. The van der Waals surface area contributed by atoms with Gasteiger partial charge in [0.15, 0.2) is 6.29 Å². The topological polar surface area (TPSA) is 143 Å². The van der Waals surface area contributed by atoms with E-state index >= 15 is 4.39 Å². The minimum absolute atomic E-state index is 0.214. The van der Waals surface area contributed by atoms with Crippen LogP contribution in [0.4, 0.5) is 4.39 Å². The van der Waals surface area contributed by atoms with Gasteiger partial charge in [-0.25, -0.2) is 4.39 Å². The highest BCUT2D eigenvalue weighted by atomic mass is 19.1. The van der Waals surface area contributed by atoms with Crippen molar-refractivity contribution in [1.29, 1.82) is 0 Å².